The van der Waals surface area contributed by atoms with Crippen molar-refractivity contribution in [2.24, 2.45) is 5.84 Å². The SMILES string of the molecule is CCn1ccnc1C(NN)c1ccc(F)c(F)c1. The van der Waals surface area contributed by atoms with E-state index in [2.05, 4.69) is 10.4 Å². The van der Waals surface area contributed by atoms with Crippen LogP contribution in [-0.4, -0.2) is 9.55 Å². The monoisotopic (exact) mass is 252 g/mol. The van der Waals surface area contributed by atoms with Crippen molar-refractivity contribution in [2.75, 3.05) is 0 Å². The van der Waals surface area contributed by atoms with E-state index in [0.29, 0.717) is 11.4 Å². The zero-order valence-corrected chi connectivity index (χ0v) is 9.90. The van der Waals surface area contributed by atoms with Gasteiger partial charge in [-0.3, -0.25) is 5.84 Å². The third-order valence-electron chi connectivity index (χ3n) is 2.79. The predicted octanol–water partition coefficient (Wildman–Crippen LogP) is 1.73. The number of imidazole rings is 1. The number of hydrogen-bond acceptors (Lipinski definition) is 3. The van der Waals surface area contributed by atoms with Gasteiger partial charge in [-0.2, -0.15) is 0 Å². The van der Waals surface area contributed by atoms with Gasteiger partial charge in [-0.05, 0) is 24.6 Å². The highest BCUT2D eigenvalue weighted by Crippen LogP contribution is 2.21. The third kappa shape index (κ3) is 2.25. The minimum Gasteiger partial charge on any atom is -0.334 e. The number of rotatable bonds is 4. The predicted molar refractivity (Wildman–Crippen MR) is 63.4 cm³/mol. The molecule has 0 saturated heterocycles. The lowest BCUT2D eigenvalue weighted by atomic mass is 10.1. The minimum atomic E-state index is -0.901. The summed E-state index contributed by atoms with van der Waals surface area (Å²) >= 11 is 0. The van der Waals surface area contributed by atoms with Gasteiger partial charge in [-0.25, -0.2) is 19.2 Å². The van der Waals surface area contributed by atoms with E-state index < -0.39 is 17.7 Å². The van der Waals surface area contributed by atoms with Crippen LogP contribution in [0.3, 0.4) is 0 Å². The fourth-order valence-electron chi connectivity index (χ4n) is 1.86. The fraction of sp³-hybridized carbons (Fsp3) is 0.250. The summed E-state index contributed by atoms with van der Waals surface area (Å²) in [6, 6.07) is 3.20. The lowest BCUT2D eigenvalue weighted by molar-refractivity contribution is 0.500. The molecule has 0 saturated carbocycles. The molecule has 1 aromatic carbocycles. The lowest BCUT2D eigenvalue weighted by Gasteiger charge is -2.17. The molecule has 0 spiro atoms. The van der Waals surface area contributed by atoms with E-state index >= 15 is 0 Å². The first-order valence-corrected chi connectivity index (χ1v) is 5.59. The van der Waals surface area contributed by atoms with E-state index in [-0.39, 0.29) is 0 Å². The maximum Gasteiger partial charge on any atom is 0.159 e. The Morgan fingerprint density at radius 2 is 2.17 bits per heavy atom. The summed E-state index contributed by atoms with van der Waals surface area (Å²) < 4.78 is 28.0. The number of nitrogens with two attached hydrogens (primary N) is 1. The molecular weight excluding hydrogens is 238 g/mol. The van der Waals surface area contributed by atoms with Crippen LogP contribution < -0.4 is 11.3 Å². The number of aryl methyl sites for hydroxylation is 1. The first-order chi connectivity index (χ1) is 8.67. The molecule has 1 heterocycles. The summed E-state index contributed by atoms with van der Waals surface area (Å²) in [5.41, 5.74) is 3.09. The van der Waals surface area contributed by atoms with Crippen molar-refractivity contribution >= 4 is 0 Å². The zero-order chi connectivity index (χ0) is 13.1. The van der Waals surface area contributed by atoms with Gasteiger partial charge in [0.05, 0.1) is 0 Å². The number of benzene rings is 1. The Balaban J connectivity index is 2.42. The van der Waals surface area contributed by atoms with Gasteiger partial charge in [-0.15, -0.1) is 0 Å². The Morgan fingerprint density at radius 3 is 2.78 bits per heavy atom. The summed E-state index contributed by atoms with van der Waals surface area (Å²) in [6.07, 6.45) is 3.45. The molecule has 2 rings (SSSR count). The normalized spacial score (nSPS) is 12.7. The highest BCUT2D eigenvalue weighted by Gasteiger charge is 2.18. The van der Waals surface area contributed by atoms with Crippen molar-refractivity contribution in [3.63, 3.8) is 0 Å². The molecule has 6 heteroatoms. The fourth-order valence-corrected chi connectivity index (χ4v) is 1.86. The quantitative estimate of drug-likeness (QED) is 0.643. The average Bonchev–Trinajstić information content (AvgIpc) is 2.83. The summed E-state index contributed by atoms with van der Waals surface area (Å²) in [6.45, 7) is 2.68. The van der Waals surface area contributed by atoms with Gasteiger partial charge >= 0.3 is 0 Å². The number of nitrogens with zero attached hydrogens (tertiary/aromatic N) is 2. The van der Waals surface area contributed by atoms with Crippen LogP contribution in [0.1, 0.15) is 24.4 Å². The molecule has 0 aliphatic carbocycles. The molecule has 1 unspecified atom stereocenters. The highest BCUT2D eigenvalue weighted by atomic mass is 19.2. The number of hydrogen-bond donors (Lipinski definition) is 2. The van der Waals surface area contributed by atoms with Crippen LogP contribution in [0, 0.1) is 11.6 Å². The van der Waals surface area contributed by atoms with Crippen molar-refractivity contribution in [3.05, 3.63) is 53.6 Å². The Morgan fingerprint density at radius 1 is 1.39 bits per heavy atom. The molecule has 0 radical (unpaired) electrons. The van der Waals surface area contributed by atoms with E-state index in [1.54, 1.807) is 12.4 Å². The van der Waals surface area contributed by atoms with Gasteiger partial charge in [0.25, 0.3) is 0 Å². The molecular formula is C12H14F2N4. The van der Waals surface area contributed by atoms with Crippen molar-refractivity contribution in [1.29, 1.82) is 0 Å². The van der Waals surface area contributed by atoms with Crippen molar-refractivity contribution in [2.45, 2.75) is 19.5 Å². The number of halogens is 2. The van der Waals surface area contributed by atoms with E-state index in [4.69, 9.17) is 5.84 Å². The molecule has 1 atom stereocenters. The van der Waals surface area contributed by atoms with Crippen LogP contribution in [0.25, 0.3) is 0 Å². The van der Waals surface area contributed by atoms with Crippen molar-refractivity contribution in [1.82, 2.24) is 15.0 Å². The van der Waals surface area contributed by atoms with Crippen LogP contribution in [0.4, 0.5) is 8.78 Å². The van der Waals surface area contributed by atoms with E-state index in [0.717, 1.165) is 18.7 Å². The Kier molecular flexibility index (Phi) is 3.69. The summed E-state index contributed by atoms with van der Waals surface area (Å²) in [7, 11) is 0. The molecule has 0 aliphatic rings. The second kappa shape index (κ2) is 5.24. The Labute approximate surface area is 103 Å². The summed E-state index contributed by atoms with van der Waals surface area (Å²) in [4.78, 5) is 4.19. The van der Waals surface area contributed by atoms with Gasteiger partial charge in [-0.1, -0.05) is 6.07 Å². The standard InChI is InChI=1S/C12H14F2N4/c1-2-18-6-5-16-12(18)11(17-15)8-3-4-9(13)10(14)7-8/h3-7,11,17H,2,15H2,1H3. The second-order valence-electron chi connectivity index (χ2n) is 3.84. The molecule has 3 N–H and O–H groups in total. The van der Waals surface area contributed by atoms with Gasteiger partial charge in [0.2, 0.25) is 0 Å². The number of hydrazine groups is 1. The van der Waals surface area contributed by atoms with E-state index in [1.165, 1.54) is 6.07 Å². The molecule has 18 heavy (non-hydrogen) atoms. The maximum absolute atomic E-state index is 13.2. The average molecular weight is 252 g/mol. The second-order valence-corrected chi connectivity index (χ2v) is 3.84. The molecule has 0 bridgehead atoms. The first-order valence-electron chi connectivity index (χ1n) is 5.59. The van der Waals surface area contributed by atoms with Gasteiger partial charge in [0.15, 0.2) is 11.6 Å². The highest BCUT2D eigenvalue weighted by molar-refractivity contribution is 5.26. The van der Waals surface area contributed by atoms with Crippen molar-refractivity contribution in [3.8, 4) is 0 Å². The molecule has 0 amide bonds. The third-order valence-corrected chi connectivity index (χ3v) is 2.79. The molecule has 1 aromatic heterocycles. The lowest BCUT2D eigenvalue weighted by Crippen LogP contribution is -2.31. The molecule has 96 valence electrons. The van der Waals surface area contributed by atoms with Crippen LogP contribution >= 0.6 is 0 Å². The van der Waals surface area contributed by atoms with Gasteiger partial charge in [0.1, 0.15) is 11.9 Å². The maximum atomic E-state index is 13.2. The molecule has 0 aliphatic heterocycles. The minimum absolute atomic E-state index is 0.477. The smallest absolute Gasteiger partial charge is 0.159 e. The van der Waals surface area contributed by atoms with Crippen LogP contribution in [0.15, 0.2) is 30.6 Å². The molecule has 4 nitrogen and oxygen atoms in total. The van der Waals surface area contributed by atoms with Crippen LogP contribution in [0.2, 0.25) is 0 Å². The topological polar surface area (TPSA) is 55.9 Å². The number of nitrogens with one attached hydrogen (secondary N) is 1. The largest absolute Gasteiger partial charge is 0.334 e. The molecule has 2 aromatic rings. The van der Waals surface area contributed by atoms with E-state index in [9.17, 15) is 8.78 Å². The number of aromatic nitrogens is 2. The molecule has 0 fully saturated rings. The Hall–Kier alpha value is -1.79. The summed E-state index contributed by atoms with van der Waals surface area (Å²) in [5.74, 6) is 4.36. The van der Waals surface area contributed by atoms with E-state index in [1.807, 2.05) is 11.5 Å². The van der Waals surface area contributed by atoms with Gasteiger partial charge in [0, 0.05) is 18.9 Å². The zero-order valence-electron chi connectivity index (χ0n) is 9.90. The van der Waals surface area contributed by atoms with Gasteiger partial charge < -0.3 is 4.57 Å². The van der Waals surface area contributed by atoms with Crippen molar-refractivity contribution < 1.29 is 8.78 Å². The Bertz CT molecular complexity index is 539. The van der Waals surface area contributed by atoms with Crippen LogP contribution in [-0.2, 0) is 6.54 Å². The first kappa shape index (κ1) is 12.7. The summed E-state index contributed by atoms with van der Waals surface area (Å²) in [5, 5.41) is 0. The van der Waals surface area contributed by atoms with Crippen LogP contribution in [0.5, 0.6) is 0 Å².